The van der Waals surface area contributed by atoms with Crippen molar-refractivity contribution in [2.75, 3.05) is 42.9 Å². The van der Waals surface area contributed by atoms with E-state index in [0.29, 0.717) is 5.65 Å². The van der Waals surface area contributed by atoms with Crippen molar-refractivity contribution in [1.29, 1.82) is 0 Å². The van der Waals surface area contributed by atoms with Gasteiger partial charge in [0.05, 0.1) is 18.1 Å². The number of aromatic nitrogens is 5. The van der Waals surface area contributed by atoms with Gasteiger partial charge < -0.3 is 20.1 Å². The van der Waals surface area contributed by atoms with Crippen LogP contribution in [0.1, 0.15) is 31.1 Å². The van der Waals surface area contributed by atoms with Crippen LogP contribution in [0.25, 0.3) is 21.9 Å². The quantitative estimate of drug-likeness (QED) is 0.515. The zero-order valence-electron chi connectivity index (χ0n) is 18.3. The van der Waals surface area contributed by atoms with Crippen LogP contribution in [-0.2, 0) is 0 Å². The van der Waals surface area contributed by atoms with Crippen LogP contribution in [0, 0.1) is 6.92 Å². The molecule has 31 heavy (non-hydrogen) atoms. The first kappa shape index (κ1) is 19.7. The molecule has 3 aromatic heterocycles. The number of imidazole rings is 1. The number of anilines is 2. The minimum atomic E-state index is -0.0259. The Balaban J connectivity index is 1.52. The maximum absolute atomic E-state index is 5.18. The van der Waals surface area contributed by atoms with E-state index in [4.69, 9.17) is 4.98 Å². The van der Waals surface area contributed by atoms with Crippen LogP contribution in [0.3, 0.4) is 0 Å². The Labute approximate surface area is 181 Å². The number of pyridine rings is 1. The van der Waals surface area contributed by atoms with Crippen LogP contribution >= 0.6 is 0 Å². The molecule has 4 aromatic rings. The highest BCUT2D eigenvalue weighted by Crippen LogP contribution is 2.32. The lowest BCUT2D eigenvalue weighted by molar-refractivity contribution is 0.270. The first-order valence-corrected chi connectivity index (χ1v) is 10.9. The number of hydrogen-bond acceptors (Lipinski definition) is 7. The molecule has 1 aromatic carbocycles. The average Bonchev–Trinajstić information content (AvgIpc) is 3.28. The summed E-state index contributed by atoms with van der Waals surface area (Å²) in [6.45, 7) is 11.8. The van der Waals surface area contributed by atoms with Crippen LogP contribution in [0.5, 0.6) is 0 Å². The molecule has 1 fully saturated rings. The van der Waals surface area contributed by atoms with Crippen molar-refractivity contribution in [3.05, 3.63) is 48.2 Å². The van der Waals surface area contributed by atoms with Gasteiger partial charge in [-0.2, -0.15) is 0 Å². The standard InChI is InChI=1S/C23H28N8/c1-4-30-8-10-31(11-9-30)23-19-15(2)6-5-7-17(19)12-18(29-23)16(3)28-22-20-21(25-13-24-20)26-14-27-22/h5-7,12-14,16H,4,8-11H2,1-3H3,(H2,24,25,26,27,28)/t16-/m0/s1. The summed E-state index contributed by atoms with van der Waals surface area (Å²) in [7, 11) is 0. The summed E-state index contributed by atoms with van der Waals surface area (Å²) in [5.41, 5.74) is 3.72. The molecule has 0 radical (unpaired) electrons. The lowest BCUT2D eigenvalue weighted by Crippen LogP contribution is -2.46. The van der Waals surface area contributed by atoms with Crippen LogP contribution in [0.2, 0.25) is 0 Å². The highest BCUT2D eigenvalue weighted by Gasteiger charge is 2.22. The van der Waals surface area contributed by atoms with Gasteiger partial charge in [0, 0.05) is 31.6 Å². The number of aryl methyl sites for hydroxylation is 1. The highest BCUT2D eigenvalue weighted by atomic mass is 15.3. The Bertz CT molecular complexity index is 1210. The summed E-state index contributed by atoms with van der Waals surface area (Å²) < 4.78 is 0. The molecular weight excluding hydrogens is 388 g/mol. The molecule has 1 atom stereocenters. The molecule has 0 spiro atoms. The van der Waals surface area contributed by atoms with Crippen molar-refractivity contribution in [1.82, 2.24) is 29.8 Å². The summed E-state index contributed by atoms with van der Waals surface area (Å²) >= 11 is 0. The smallest absolute Gasteiger partial charge is 0.182 e. The Morgan fingerprint density at radius 3 is 2.77 bits per heavy atom. The first-order valence-electron chi connectivity index (χ1n) is 10.9. The normalized spacial score (nSPS) is 16.2. The fourth-order valence-electron chi connectivity index (χ4n) is 4.37. The van der Waals surface area contributed by atoms with Crippen LogP contribution < -0.4 is 10.2 Å². The van der Waals surface area contributed by atoms with E-state index in [1.807, 2.05) is 0 Å². The minimum absolute atomic E-state index is 0.0259. The molecule has 0 unspecified atom stereocenters. The van der Waals surface area contributed by atoms with E-state index >= 15 is 0 Å². The summed E-state index contributed by atoms with van der Waals surface area (Å²) in [6, 6.07) is 8.65. The SMILES string of the molecule is CCN1CCN(c2nc([C@H](C)Nc3ncnc4nc[nH]c34)cc3cccc(C)c23)CC1. The summed E-state index contributed by atoms with van der Waals surface area (Å²) in [5.74, 6) is 1.82. The second kappa shape index (κ2) is 8.11. The van der Waals surface area contributed by atoms with E-state index in [1.54, 1.807) is 6.33 Å². The predicted octanol–water partition coefficient (Wildman–Crippen LogP) is 3.52. The molecule has 160 valence electrons. The number of hydrogen-bond donors (Lipinski definition) is 2. The first-order chi connectivity index (χ1) is 15.1. The maximum atomic E-state index is 5.18. The van der Waals surface area contributed by atoms with Crippen molar-refractivity contribution >= 4 is 33.6 Å². The largest absolute Gasteiger partial charge is 0.360 e. The zero-order valence-corrected chi connectivity index (χ0v) is 18.3. The topological polar surface area (TPSA) is 85.9 Å². The zero-order chi connectivity index (χ0) is 21.4. The second-order valence-electron chi connectivity index (χ2n) is 8.15. The van der Waals surface area contributed by atoms with E-state index in [2.05, 4.69) is 80.1 Å². The van der Waals surface area contributed by atoms with Crippen molar-refractivity contribution in [3.63, 3.8) is 0 Å². The molecule has 1 saturated heterocycles. The second-order valence-corrected chi connectivity index (χ2v) is 8.15. The molecule has 2 N–H and O–H groups in total. The monoisotopic (exact) mass is 416 g/mol. The molecule has 0 aliphatic carbocycles. The van der Waals surface area contributed by atoms with Gasteiger partial charge in [0.15, 0.2) is 11.5 Å². The van der Waals surface area contributed by atoms with Gasteiger partial charge in [-0.05, 0) is 37.4 Å². The number of H-pyrrole nitrogens is 1. The number of nitrogens with one attached hydrogen (secondary N) is 2. The van der Waals surface area contributed by atoms with E-state index in [0.717, 1.165) is 55.6 Å². The molecule has 8 nitrogen and oxygen atoms in total. The molecule has 0 saturated carbocycles. The Hall–Kier alpha value is -3.26. The molecule has 0 bridgehead atoms. The van der Waals surface area contributed by atoms with E-state index in [1.165, 1.54) is 22.7 Å². The molecule has 5 rings (SSSR count). The molecule has 1 aliphatic heterocycles. The highest BCUT2D eigenvalue weighted by molar-refractivity contribution is 5.95. The van der Waals surface area contributed by atoms with Gasteiger partial charge in [0.2, 0.25) is 0 Å². The van der Waals surface area contributed by atoms with Gasteiger partial charge in [-0.1, -0.05) is 25.1 Å². The van der Waals surface area contributed by atoms with E-state index < -0.39 is 0 Å². The number of aromatic amines is 1. The van der Waals surface area contributed by atoms with Gasteiger partial charge in [-0.15, -0.1) is 0 Å². The van der Waals surface area contributed by atoms with Gasteiger partial charge in [0.1, 0.15) is 17.7 Å². The van der Waals surface area contributed by atoms with Gasteiger partial charge in [-0.3, -0.25) is 0 Å². The lowest BCUT2D eigenvalue weighted by Gasteiger charge is -2.36. The number of nitrogens with zero attached hydrogens (tertiary/aromatic N) is 6. The fraction of sp³-hybridized carbons (Fsp3) is 0.391. The van der Waals surface area contributed by atoms with E-state index in [9.17, 15) is 0 Å². The number of likely N-dealkylation sites (N-methyl/N-ethyl adjacent to an activating group) is 1. The number of benzene rings is 1. The predicted molar refractivity (Wildman–Crippen MR) is 125 cm³/mol. The molecule has 1 aliphatic rings. The maximum Gasteiger partial charge on any atom is 0.182 e. The average molecular weight is 417 g/mol. The van der Waals surface area contributed by atoms with E-state index in [-0.39, 0.29) is 6.04 Å². The number of piperazine rings is 1. The third-order valence-corrected chi connectivity index (χ3v) is 6.21. The summed E-state index contributed by atoms with van der Waals surface area (Å²) in [4.78, 5) is 26.1. The molecule has 8 heteroatoms. The van der Waals surface area contributed by atoms with Gasteiger partial charge >= 0.3 is 0 Å². The van der Waals surface area contributed by atoms with Crippen molar-refractivity contribution in [2.45, 2.75) is 26.8 Å². The molecule has 0 amide bonds. The Morgan fingerprint density at radius 2 is 1.97 bits per heavy atom. The van der Waals surface area contributed by atoms with Crippen molar-refractivity contribution in [3.8, 4) is 0 Å². The minimum Gasteiger partial charge on any atom is -0.360 e. The number of rotatable bonds is 5. The Kier molecular flexibility index (Phi) is 5.15. The van der Waals surface area contributed by atoms with Crippen molar-refractivity contribution in [2.24, 2.45) is 0 Å². The lowest BCUT2D eigenvalue weighted by atomic mass is 10.0. The summed E-state index contributed by atoms with van der Waals surface area (Å²) in [5, 5.41) is 5.98. The van der Waals surface area contributed by atoms with Gasteiger partial charge in [-0.25, -0.2) is 19.9 Å². The molecule has 4 heterocycles. The molecular formula is C23H28N8. The van der Waals surface area contributed by atoms with Crippen molar-refractivity contribution < 1.29 is 0 Å². The third-order valence-electron chi connectivity index (χ3n) is 6.21. The fourth-order valence-corrected chi connectivity index (χ4v) is 4.37. The van der Waals surface area contributed by atoms with Crippen LogP contribution in [0.4, 0.5) is 11.6 Å². The van der Waals surface area contributed by atoms with Crippen LogP contribution in [-0.4, -0.2) is 62.5 Å². The number of fused-ring (bicyclic) bond motifs is 2. The third kappa shape index (κ3) is 3.67. The van der Waals surface area contributed by atoms with Gasteiger partial charge in [0.25, 0.3) is 0 Å². The summed E-state index contributed by atoms with van der Waals surface area (Å²) in [6.07, 6.45) is 3.17. The Morgan fingerprint density at radius 1 is 1.13 bits per heavy atom. The van der Waals surface area contributed by atoms with Crippen LogP contribution in [0.15, 0.2) is 36.9 Å².